The van der Waals surface area contributed by atoms with Crippen molar-refractivity contribution in [3.05, 3.63) is 53.6 Å². The normalized spacial score (nSPS) is 12.9. The molecule has 0 spiro atoms. The van der Waals surface area contributed by atoms with Gasteiger partial charge in [0.1, 0.15) is 5.82 Å². The van der Waals surface area contributed by atoms with Crippen molar-refractivity contribution >= 4 is 28.1 Å². The van der Waals surface area contributed by atoms with E-state index in [9.17, 15) is 4.39 Å². The second-order valence-electron chi connectivity index (χ2n) is 4.53. The molecule has 2 N–H and O–H groups in total. The second-order valence-corrected chi connectivity index (χ2v) is 6.47. The SMILES string of the molecule is NC(CSc1ccccc1F)Cc1cn2ccsc2n1. The molecule has 0 aliphatic carbocycles. The van der Waals surface area contributed by atoms with E-state index in [0.717, 1.165) is 10.7 Å². The maximum Gasteiger partial charge on any atom is 0.193 e. The summed E-state index contributed by atoms with van der Waals surface area (Å²) in [7, 11) is 0. The third kappa shape index (κ3) is 3.03. The molecule has 0 bridgehead atoms. The van der Waals surface area contributed by atoms with Crippen molar-refractivity contribution in [3.8, 4) is 0 Å². The van der Waals surface area contributed by atoms with Gasteiger partial charge in [-0.3, -0.25) is 4.40 Å². The van der Waals surface area contributed by atoms with Crippen LogP contribution in [0, 0.1) is 5.82 Å². The minimum absolute atomic E-state index is 0.0378. The summed E-state index contributed by atoms with van der Waals surface area (Å²) in [5.74, 6) is 0.485. The van der Waals surface area contributed by atoms with Crippen LogP contribution in [0.4, 0.5) is 4.39 Å². The molecule has 0 saturated carbocycles. The predicted molar refractivity (Wildman–Crippen MR) is 81.9 cm³/mol. The van der Waals surface area contributed by atoms with Gasteiger partial charge in [-0.15, -0.1) is 23.1 Å². The zero-order valence-corrected chi connectivity index (χ0v) is 12.3. The van der Waals surface area contributed by atoms with Crippen LogP contribution < -0.4 is 5.73 Å². The molecule has 6 heteroatoms. The first-order chi connectivity index (χ1) is 9.72. The molecule has 2 aromatic heterocycles. The lowest BCUT2D eigenvalue weighted by molar-refractivity contribution is 0.601. The molecule has 1 unspecified atom stereocenters. The average Bonchev–Trinajstić information content (AvgIpc) is 2.98. The number of hydrogen-bond donors (Lipinski definition) is 1. The van der Waals surface area contributed by atoms with Crippen LogP contribution in [0.1, 0.15) is 5.69 Å². The number of thioether (sulfide) groups is 1. The van der Waals surface area contributed by atoms with E-state index in [1.54, 1.807) is 23.5 Å². The van der Waals surface area contributed by atoms with Gasteiger partial charge in [-0.25, -0.2) is 9.37 Å². The lowest BCUT2D eigenvalue weighted by Crippen LogP contribution is -2.25. The number of rotatable bonds is 5. The Hall–Kier alpha value is -1.37. The molecule has 0 radical (unpaired) electrons. The molecule has 3 nitrogen and oxygen atoms in total. The largest absolute Gasteiger partial charge is 0.327 e. The van der Waals surface area contributed by atoms with Gasteiger partial charge < -0.3 is 5.73 Å². The van der Waals surface area contributed by atoms with E-state index in [0.29, 0.717) is 17.1 Å². The zero-order valence-electron chi connectivity index (χ0n) is 10.7. The highest BCUT2D eigenvalue weighted by atomic mass is 32.2. The van der Waals surface area contributed by atoms with E-state index >= 15 is 0 Å². The molecule has 1 atom stereocenters. The monoisotopic (exact) mass is 307 g/mol. The summed E-state index contributed by atoms with van der Waals surface area (Å²) in [5, 5.41) is 2.00. The van der Waals surface area contributed by atoms with Crippen LogP contribution >= 0.6 is 23.1 Å². The van der Waals surface area contributed by atoms with Crippen molar-refractivity contribution < 1.29 is 4.39 Å². The van der Waals surface area contributed by atoms with Gasteiger partial charge in [-0.2, -0.15) is 0 Å². The molecule has 1 aromatic carbocycles. The van der Waals surface area contributed by atoms with Crippen LogP contribution in [-0.4, -0.2) is 21.2 Å². The lowest BCUT2D eigenvalue weighted by atomic mass is 10.2. The summed E-state index contributed by atoms with van der Waals surface area (Å²) in [5.41, 5.74) is 7.09. The molecule has 3 aromatic rings. The number of imidazole rings is 1. The first-order valence-electron chi connectivity index (χ1n) is 6.26. The summed E-state index contributed by atoms with van der Waals surface area (Å²) in [6, 6.07) is 6.73. The van der Waals surface area contributed by atoms with Gasteiger partial charge in [0.2, 0.25) is 0 Å². The number of halogens is 1. The van der Waals surface area contributed by atoms with Crippen molar-refractivity contribution in [2.45, 2.75) is 17.4 Å². The quantitative estimate of drug-likeness (QED) is 0.736. The van der Waals surface area contributed by atoms with Gasteiger partial charge in [0.25, 0.3) is 0 Å². The number of nitrogens with zero attached hydrogens (tertiary/aromatic N) is 2. The highest BCUT2D eigenvalue weighted by Crippen LogP contribution is 2.22. The third-order valence-corrected chi connectivity index (χ3v) is 4.91. The number of nitrogens with two attached hydrogens (primary N) is 1. The molecule has 0 saturated heterocycles. The Morgan fingerprint density at radius 2 is 2.25 bits per heavy atom. The van der Waals surface area contributed by atoms with E-state index in [1.165, 1.54) is 17.8 Å². The number of aromatic nitrogens is 2. The Bertz CT molecular complexity index is 679. The van der Waals surface area contributed by atoms with Crippen LogP contribution in [0.25, 0.3) is 4.96 Å². The Morgan fingerprint density at radius 3 is 3.05 bits per heavy atom. The maximum atomic E-state index is 13.5. The number of benzene rings is 1. The molecule has 2 heterocycles. The average molecular weight is 307 g/mol. The molecular formula is C14H14FN3S2. The summed E-state index contributed by atoms with van der Waals surface area (Å²) in [4.78, 5) is 6.13. The molecule has 0 aliphatic heterocycles. The van der Waals surface area contributed by atoms with Crippen molar-refractivity contribution in [3.63, 3.8) is 0 Å². The topological polar surface area (TPSA) is 43.3 Å². The Kier molecular flexibility index (Phi) is 4.05. The zero-order chi connectivity index (χ0) is 13.9. The van der Waals surface area contributed by atoms with Crippen molar-refractivity contribution in [1.82, 2.24) is 9.38 Å². The van der Waals surface area contributed by atoms with E-state index in [4.69, 9.17) is 5.73 Å². The fourth-order valence-corrected chi connectivity index (χ4v) is 3.57. The molecule has 3 rings (SSSR count). The van der Waals surface area contributed by atoms with Crippen LogP contribution in [0.15, 0.2) is 46.9 Å². The van der Waals surface area contributed by atoms with E-state index < -0.39 is 0 Å². The van der Waals surface area contributed by atoms with E-state index in [-0.39, 0.29) is 11.9 Å². The maximum absolute atomic E-state index is 13.5. The standard InChI is InChI=1S/C14H14FN3S2/c15-12-3-1-2-4-13(12)20-9-10(16)7-11-8-18-5-6-19-14(18)17-11/h1-6,8,10H,7,9,16H2. The smallest absolute Gasteiger partial charge is 0.193 e. The molecule has 0 amide bonds. The molecule has 0 fully saturated rings. The third-order valence-electron chi connectivity index (χ3n) is 2.90. The summed E-state index contributed by atoms with van der Waals surface area (Å²) < 4.78 is 15.5. The van der Waals surface area contributed by atoms with Crippen molar-refractivity contribution in [2.75, 3.05) is 5.75 Å². The number of hydrogen-bond acceptors (Lipinski definition) is 4. The first-order valence-corrected chi connectivity index (χ1v) is 8.13. The molecule has 0 aliphatic rings. The van der Waals surface area contributed by atoms with Gasteiger partial charge in [-0.1, -0.05) is 12.1 Å². The van der Waals surface area contributed by atoms with Crippen LogP contribution in [0.5, 0.6) is 0 Å². The minimum Gasteiger partial charge on any atom is -0.327 e. The van der Waals surface area contributed by atoms with E-state index in [1.807, 2.05) is 28.2 Å². The summed E-state index contributed by atoms with van der Waals surface area (Å²) >= 11 is 3.06. The Labute approximate surface area is 124 Å². The Morgan fingerprint density at radius 1 is 1.40 bits per heavy atom. The fourth-order valence-electron chi connectivity index (χ4n) is 1.96. The van der Waals surface area contributed by atoms with E-state index in [2.05, 4.69) is 4.98 Å². The van der Waals surface area contributed by atoms with Gasteiger partial charge in [0.05, 0.1) is 5.69 Å². The molecule has 20 heavy (non-hydrogen) atoms. The highest BCUT2D eigenvalue weighted by Gasteiger charge is 2.10. The summed E-state index contributed by atoms with van der Waals surface area (Å²) in [6.45, 7) is 0. The predicted octanol–water partition coefficient (Wildman–Crippen LogP) is 3.20. The first kappa shape index (κ1) is 13.6. The van der Waals surface area contributed by atoms with Crippen LogP contribution in [-0.2, 0) is 6.42 Å². The van der Waals surface area contributed by atoms with Gasteiger partial charge in [0.15, 0.2) is 4.96 Å². The highest BCUT2D eigenvalue weighted by molar-refractivity contribution is 7.99. The molecule has 104 valence electrons. The Balaban J connectivity index is 1.58. The van der Waals surface area contributed by atoms with Gasteiger partial charge in [-0.05, 0) is 12.1 Å². The van der Waals surface area contributed by atoms with Crippen molar-refractivity contribution in [2.24, 2.45) is 5.73 Å². The number of fused-ring (bicyclic) bond motifs is 1. The van der Waals surface area contributed by atoms with Gasteiger partial charge in [0, 0.05) is 40.9 Å². The van der Waals surface area contributed by atoms with Crippen LogP contribution in [0.2, 0.25) is 0 Å². The molecular weight excluding hydrogens is 293 g/mol. The summed E-state index contributed by atoms with van der Waals surface area (Å²) in [6.07, 6.45) is 4.69. The second kappa shape index (κ2) is 5.95. The van der Waals surface area contributed by atoms with Crippen molar-refractivity contribution in [1.29, 1.82) is 0 Å². The minimum atomic E-state index is -0.188. The van der Waals surface area contributed by atoms with Crippen LogP contribution in [0.3, 0.4) is 0 Å². The fraction of sp³-hybridized carbons (Fsp3) is 0.214. The van der Waals surface area contributed by atoms with Gasteiger partial charge >= 0.3 is 0 Å². The lowest BCUT2D eigenvalue weighted by Gasteiger charge is -2.09. The number of thiazole rings is 1.